The van der Waals surface area contributed by atoms with Gasteiger partial charge in [-0.25, -0.2) is 13.2 Å². The van der Waals surface area contributed by atoms with Gasteiger partial charge in [-0.2, -0.15) is 9.30 Å². The number of ether oxygens (including phenoxy) is 2. The number of hydrogen-bond donors (Lipinski definition) is 0. The molecule has 1 atom stereocenters. The van der Waals surface area contributed by atoms with Crippen molar-refractivity contribution in [2.45, 2.75) is 63.9 Å². The third-order valence-corrected chi connectivity index (χ3v) is 9.81. The minimum atomic E-state index is -3.64. The number of amides is 1. The van der Waals surface area contributed by atoms with Crippen molar-refractivity contribution in [2.24, 2.45) is 4.99 Å². The van der Waals surface area contributed by atoms with Gasteiger partial charge in [0.25, 0.3) is 5.91 Å². The van der Waals surface area contributed by atoms with Crippen LogP contribution in [-0.4, -0.2) is 61.6 Å². The minimum absolute atomic E-state index is 0.00416. The molecule has 1 aliphatic rings. The maximum atomic E-state index is 13.3. The van der Waals surface area contributed by atoms with Gasteiger partial charge in [0, 0.05) is 31.3 Å². The predicted octanol–water partition coefficient (Wildman–Crippen LogP) is 4.61. The number of carbonyl (C=O) groups is 2. The molecule has 0 spiro atoms. The molecule has 0 bridgehead atoms. The van der Waals surface area contributed by atoms with E-state index in [9.17, 15) is 18.0 Å². The van der Waals surface area contributed by atoms with Crippen LogP contribution in [0, 0.1) is 0 Å². The Morgan fingerprint density at radius 2 is 1.77 bits per heavy atom. The SMILES string of the molecule is CCOCCn1c(=NC(=O)c2ccc(S(=O)(=O)N3CCCCC3CC)cc2)sc2cc(C(=O)OCC)ccc21. The van der Waals surface area contributed by atoms with Crippen LogP contribution in [0.3, 0.4) is 0 Å². The number of hydrogen-bond acceptors (Lipinski definition) is 7. The van der Waals surface area contributed by atoms with Crippen LogP contribution >= 0.6 is 11.3 Å². The van der Waals surface area contributed by atoms with Crippen LogP contribution in [0.25, 0.3) is 10.2 Å². The average molecular weight is 574 g/mol. The van der Waals surface area contributed by atoms with E-state index in [2.05, 4.69) is 4.99 Å². The molecule has 0 radical (unpaired) electrons. The number of thiazole rings is 1. The highest BCUT2D eigenvalue weighted by atomic mass is 32.2. The van der Waals surface area contributed by atoms with E-state index < -0.39 is 21.9 Å². The van der Waals surface area contributed by atoms with E-state index in [1.807, 2.05) is 24.5 Å². The molecule has 210 valence electrons. The number of carbonyl (C=O) groups excluding carboxylic acids is 2. The number of benzene rings is 2. The van der Waals surface area contributed by atoms with Crippen molar-refractivity contribution in [3.05, 3.63) is 58.4 Å². The van der Waals surface area contributed by atoms with Crippen LogP contribution in [0.1, 0.15) is 67.2 Å². The first-order chi connectivity index (χ1) is 18.8. The second-order valence-corrected chi connectivity index (χ2v) is 12.2. The summed E-state index contributed by atoms with van der Waals surface area (Å²) >= 11 is 1.29. The molecule has 1 saturated heterocycles. The van der Waals surface area contributed by atoms with Gasteiger partial charge in [0.05, 0.1) is 33.9 Å². The van der Waals surface area contributed by atoms with E-state index in [0.29, 0.717) is 42.2 Å². The summed E-state index contributed by atoms with van der Waals surface area (Å²) in [6.07, 6.45) is 3.52. The lowest BCUT2D eigenvalue weighted by Crippen LogP contribution is -2.43. The Balaban J connectivity index is 1.65. The molecule has 0 N–H and O–H groups in total. The third-order valence-electron chi connectivity index (χ3n) is 6.81. The Hall–Kier alpha value is -2.86. The van der Waals surface area contributed by atoms with E-state index in [1.165, 1.54) is 35.6 Å². The lowest BCUT2D eigenvalue weighted by atomic mass is 10.0. The fourth-order valence-corrected chi connectivity index (χ4v) is 7.63. The first-order valence-electron chi connectivity index (χ1n) is 13.4. The highest BCUT2D eigenvalue weighted by molar-refractivity contribution is 7.89. The highest BCUT2D eigenvalue weighted by Gasteiger charge is 2.32. The van der Waals surface area contributed by atoms with Crippen molar-refractivity contribution in [1.29, 1.82) is 0 Å². The summed E-state index contributed by atoms with van der Waals surface area (Å²) in [7, 11) is -3.64. The lowest BCUT2D eigenvalue weighted by molar-refractivity contribution is 0.0526. The fraction of sp³-hybridized carbons (Fsp3) is 0.464. The molecule has 11 heteroatoms. The average Bonchev–Trinajstić information content (AvgIpc) is 3.29. The zero-order chi connectivity index (χ0) is 28.0. The molecule has 39 heavy (non-hydrogen) atoms. The van der Waals surface area contributed by atoms with Crippen molar-refractivity contribution in [1.82, 2.24) is 8.87 Å². The largest absolute Gasteiger partial charge is 0.462 e. The normalized spacial score (nSPS) is 17.0. The van der Waals surface area contributed by atoms with Crippen molar-refractivity contribution in [3.8, 4) is 0 Å². The van der Waals surface area contributed by atoms with E-state index in [-0.39, 0.29) is 17.5 Å². The molecule has 1 aliphatic heterocycles. The Morgan fingerprint density at radius 3 is 2.46 bits per heavy atom. The van der Waals surface area contributed by atoms with E-state index in [1.54, 1.807) is 23.4 Å². The number of rotatable bonds is 10. The number of fused-ring (bicyclic) bond motifs is 1. The number of esters is 1. The molecule has 1 aromatic heterocycles. The lowest BCUT2D eigenvalue weighted by Gasteiger charge is -2.34. The quantitative estimate of drug-likeness (QED) is 0.259. The molecule has 9 nitrogen and oxygen atoms in total. The van der Waals surface area contributed by atoms with E-state index >= 15 is 0 Å². The standard InChI is InChI=1S/C28H35N3O6S2/c1-4-22-9-7-8-16-31(22)39(34,35)23-13-10-20(11-14-23)26(32)29-28-30(17-18-36-5-2)24-15-12-21(19-25(24)38-28)27(33)37-6-3/h10-15,19,22H,4-9,16-18H2,1-3H3. The van der Waals surface area contributed by atoms with Crippen LogP contribution in [0.15, 0.2) is 52.4 Å². The Bertz CT molecular complexity index is 1490. The van der Waals surface area contributed by atoms with Crippen LogP contribution in [0.4, 0.5) is 0 Å². The summed E-state index contributed by atoms with van der Waals surface area (Å²) in [5, 5.41) is 0. The second kappa shape index (κ2) is 13.0. The monoisotopic (exact) mass is 573 g/mol. The molecule has 3 aromatic rings. The van der Waals surface area contributed by atoms with E-state index in [0.717, 1.165) is 35.9 Å². The van der Waals surface area contributed by atoms with Crippen LogP contribution in [-0.2, 0) is 26.0 Å². The number of aromatic nitrogens is 1. The number of nitrogens with zero attached hydrogens (tertiary/aromatic N) is 3. The minimum Gasteiger partial charge on any atom is -0.462 e. The van der Waals surface area contributed by atoms with Gasteiger partial charge in [0.2, 0.25) is 10.0 Å². The molecule has 2 aromatic carbocycles. The third kappa shape index (κ3) is 6.49. The molecule has 4 rings (SSSR count). The summed E-state index contributed by atoms with van der Waals surface area (Å²) in [5.74, 6) is -0.890. The van der Waals surface area contributed by atoms with Gasteiger partial charge in [-0.1, -0.05) is 24.7 Å². The Morgan fingerprint density at radius 1 is 1.03 bits per heavy atom. The molecule has 1 unspecified atom stereocenters. The van der Waals surface area contributed by atoms with Crippen molar-refractivity contribution < 1.29 is 27.5 Å². The maximum absolute atomic E-state index is 13.3. The molecule has 1 amide bonds. The summed E-state index contributed by atoms with van der Waals surface area (Å²) in [6.45, 7) is 7.94. The van der Waals surface area contributed by atoms with E-state index in [4.69, 9.17) is 9.47 Å². The number of sulfonamides is 1. The van der Waals surface area contributed by atoms with Gasteiger partial charge >= 0.3 is 5.97 Å². The van der Waals surface area contributed by atoms with Crippen LogP contribution in [0.2, 0.25) is 0 Å². The smallest absolute Gasteiger partial charge is 0.338 e. The van der Waals surface area contributed by atoms with Gasteiger partial charge < -0.3 is 14.0 Å². The number of piperidine rings is 1. The molecular formula is C28H35N3O6S2. The zero-order valence-electron chi connectivity index (χ0n) is 22.6. The van der Waals surface area contributed by atoms with Gasteiger partial charge in [-0.3, -0.25) is 4.79 Å². The first kappa shape index (κ1) is 29.1. The van der Waals surface area contributed by atoms with Gasteiger partial charge in [0.1, 0.15) is 0 Å². The summed E-state index contributed by atoms with van der Waals surface area (Å²) < 4.78 is 41.5. The molecule has 0 aliphatic carbocycles. The Labute approximate surface area is 233 Å². The van der Waals surface area contributed by atoms with Crippen molar-refractivity contribution in [3.63, 3.8) is 0 Å². The first-order valence-corrected chi connectivity index (χ1v) is 15.6. The van der Waals surface area contributed by atoms with Crippen molar-refractivity contribution >= 4 is 43.5 Å². The summed E-state index contributed by atoms with van der Waals surface area (Å²) in [4.78, 5) is 30.4. The second-order valence-electron chi connectivity index (χ2n) is 9.25. The molecule has 2 heterocycles. The van der Waals surface area contributed by atoms with Crippen molar-refractivity contribution in [2.75, 3.05) is 26.4 Å². The molecule has 0 saturated carbocycles. The van der Waals surface area contributed by atoms with Gasteiger partial charge in [-0.05, 0) is 75.6 Å². The zero-order valence-corrected chi connectivity index (χ0v) is 24.2. The molecule has 1 fully saturated rings. The highest BCUT2D eigenvalue weighted by Crippen LogP contribution is 2.27. The van der Waals surface area contributed by atoms with Crippen LogP contribution in [0.5, 0.6) is 0 Å². The van der Waals surface area contributed by atoms with Gasteiger partial charge in [0.15, 0.2) is 4.80 Å². The maximum Gasteiger partial charge on any atom is 0.338 e. The summed E-state index contributed by atoms with van der Waals surface area (Å²) in [5.41, 5.74) is 1.55. The topological polar surface area (TPSA) is 107 Å². The Kier molecular flexibility index (Phi) is 9.71. The predicted molar refractivity (Wildman–Crippen MR) is 150 cm³/mol. The molecular weight excluding hydrogens is 538 g/mol. The summed E-state index contributed by atoms with van der Waals surface area (Å²) in [6, 6.07) is 11.3. The van der Waals surface area contributed by atoms with Gasteiger partial charge in [-0.15, -0.1) is 0 Å². The fourth-order valence-electron chi connectivity index (χ4n) is 4.77. The van der Waals surface area contributed by atoms with Crippen LogP contribution < -0.4 is 4.80 Å².